The van der Waals surface area contributed by atoms with Crippen LogP contribution in [0, 0.1) is 0 Å². The number of carboxylic acids is 1. The average molecular weight is 357 g/mol. The predicted molar refractivity (Wildman–Crippen MR) is 90.8 cm³/mol. The van der Waals surface area contributed by atoms with Crippen LogP contribution in [-0.2, 0) is 0 Å². The number of rotatable bonds is 3. The van der Waals surface area contributed by atoms with E-state index >= 15 is 0 Å². The predicted octanol–water partition coefficient (Wildman–Crippen LogP) is 1.83. The number of carboxylic acid groups (broad SMARTS) is 1. The molecule has 136 valence electrons. The highest BCUT2D eigenvalue weighted by atomic mass is 16.6. The number of carbonyl (C=O) groups is 2. The van der Waals surface area contributed by atoms with Crippen molar-refractivity contribution in [2.24, 2.45) is 0 Å². The number of hydrogen-bond donors (Lipinski definition) is 1. The fourth-order valence-electron chi connectivity index (χ4n) is 3.39. The van der Waals surface area contributed by atoms with Crippen molar-refractivity contribution < 1.29 is 24.2 Å². The Morgan fingerprint density at radius 3 is 2.65 bits per heavy atom. The summed E-state index contributed by atoms with van der Waals surface area (Å²) in [5.41, 5.74) is 0.699. The number of aromatic nitrogens is 2. The van der Waals surface area contributed by atoms with Gasteiger partial charge in [-0.15, -0.1) is 0 Å². The first kappa shape index (κ1) is 16.4. The summed E-state index contributed by atoms with van der Waals surface area (Å²) in [6, 6.07) is 5.45. The van der Waals surface area contributed by atoms with Crippen LogP contribution in [0.2, 0.25) is 0 Å². The molecule has 8 nitrogen and oxygen atoms in total. The number of aromatic carboxylic acids is 1. The molecule has 2 aliphatic heterocycles. The Morgan fingerprint density at radius 1 is 1.15 bits per heavy atom. The molecule has 1 amide bonds. The molecular weight excluding hydrogens is 338 g/mol. The minimum atomic E-state index is -0.986. The maximum absolute atomic E-state index is 12.9. The van der Waals surface area contributed by atoms with E-state index in [4.69, 9.17) is 14.6 Å². The van der Waals surface area contributed by atoms with E-state index in [2.05, 4.69) is 5.10 Å². The second-order valence-corrected chi connectivity index (χ2v) is 6.37. The van der Waals surface area contributed by atoms with Crippen LogP contribution in [0.15, 0.2) is 30.6 Å². The van der Waals surface area contributed by atoms with E-state index in [1.807, 2.05) is 0 Å². The molecule has 0 aliphatic carbocycles. The van der Waals surface area contributed by atoms with Crippen LogP contribution < -0.4 is 9.47 Å². The van der Waals surface area contributed by atoms with Gasteiger partial charge in [0.25, 0.3) is 5.91 Å². The van der Waals surface area contributed by atoms with Gasteiger partial charge in [-0.3, -0.25) is 9.48 Å². The summed E-state index contributed by atoms with van der Waals surface area (Å²) >= 11 is 0. The van der Waals surface area contributed by atoms with Gasteiger partial charge in [-0.2, -0.15) is 5.10 Å². The second-order valence-electron chi connectivity index (χ2n) is 6.37. The third-order valence-corrected chi connectivity index (χ3v) is 4.77. The van der Waals surface area contributed by atoms with Crippen molar-refractivity contribution in [3.05, 3.63) is 41.7 Å². The molecule has 1 aromatic carbocycles. The number of amides is 1. The quantitative estimate of drug-likeness (QED) is 0.901. The number of para-hydroxylation sites is 1. The van der Waals surface area contributed by atoms with Gasteiger partial charge in [0, 0.05) is 19.3 Å². The molecule has 1 N–H and O–H groups in total. The van der Waals surface area contributed by atoms with Gasteiger partial charge in [-0.1, -0.05) is 6.07 Å². The Bertz CT molecular complexity index is 839. The number of hydrogen-bond acceptors (Lipinski definition) is 5. The molecule has 0 radical (unpaired) electrons. The van der Waals surface area contributed by atoms with Crippen LogP contribution >= 0.6 is 0 Å². The van der Waals surface area contributed by atoms with Gasteiger partial charge in [0.1, 0.15) is 13.2 Å². The molecule has 2 aliphatic rings. The Kier molecular flexibility index (Phi) is 4.24. The molecule has 2 aromatic rings. The van der Waals surface area contributed by atoms with Crippen LogP contribution in [0.25, 0.3) is 0 Å². The first-order valence-corrected chi connectivity index (χ1v) is 8.59. The third-order valence-electron chi connectivity index (χ3n) is 4.77. The first-order valence-electron chi connectivity index (χ1n) is 8.59. The first-order chi connectivity index (χ1) is 12.6. The highest BCUT2D eigenvalue weighted by Gasteiger charge is 2.28. The monoisotopic (exact) mass is 357 g/mol. The Labute approximate surface area is 149 Å². The molecule has 8 heteroatoms. The van der Waals surface area contributed by atoms with E-state index in [-0.39, 0.29) is 17.5 Å². The molecule has 3 heterocycles. The van der Waals surface area contributed by atoms with E-state index in [1.54, 1.807) is 34.0 Å². The Balaban J connectivity index is 1.45. The number of benzene rings is 1. The third kappa shape index (κ3) is 2.98. The molecule has 1 aromatic heterocycles. The zero-order valence-corrected chi connectivity index (χ0v) is 14.1. The van der Waals surface area contributed by atoms with Gasteiger partial charge in [-0.25, -0.2) is 4.79 Å². The van der Waals surface area contributed by atoms with Crippen LogP contribution in [0.5, 0.6) is 11.5 Å². The van der Waals surface area contributed by atoms with Crippen molar-refractivity contribution in [2.75, 3.05) is 26.3 Å². The molecular formula is C18H19N3O5. The average Bonchev–Trinajstić information content (AvgIpc) is 3.18. The SMILES string of the molecule is O=C(O)c1cnn(C2CCN(C(=O)c3cccc4c3OCCO4)CC2)c1. The van der Waals surface area contributed by atoms with Gasteiger partial charge in [0.2, 0.25) is 0 Å². The van der Waals surface area contributed by atoms with E-state index in [1.165, 1.54) is 6.20 Å². The Morgan fingerprint density at radius 2 is 1.92 bits per heavy atom. The van der Waals surface area contributed by atoms with Gasteiger partial charge in [0.15, 0.2) is 11.5 Å². The van der Waals surface area contributed by atoms with Crippen LogP contribution in [0.4, 0.5) is 0 Å². The van der Waals surface area contributed by atoms with E-state index in [9.17, 15) is 9.59 Å². The van der Waals surface area contributed by atoms with Crippen molar-refractivity contribution in [1.82, 2.24) is 14.7 Å². The van der Waals surface area contributed by atoms with Crippen molar-refractivity contribution >= 4 is 11.9 Å². The van der Waals surface area contributed by atoms with E-state index in [0.29, 0.717) is 43.4 Å². The lowest BCUT2D eigenvalue weighted by molar-refractivity contribution is 0.0679. The lowest BCUT2D eigenvalue weighted by atomic mass is 10.0. The number of piperidine rings is 1. The maximum atomic E-state index is 12.9. The molecule has 0 spiro atoms. The zero-order valence-electron chi connectivity index (χ0n) is 14.1. The largest absolute Gasteiger partial charge is 0.486 e. The van der Waals surface area contributed by atoms with Crippen molar-refractivity contribution in [2.45, 2.75) is 18.9 Å². The minimum Gasteiger partial charge on any atom is -0.486 e. The molecule has 4 rings (SSSR count). The van der Waals surface area contributed by atoms with Crippen LogP contribution in [0.1, 0.15) is 39.6 Å². The number of nitrogens with zero attached hydrogens (tertiary/aromatic N) is 3. The Hall–Kier alpha value is -3.03. The summed E-state index contributed by atoms with van der Waals surface area (Å²) in [7, 11) is 0. The summed E-state index contributed by atoms with van der Waals surface area (Å²) < 4.78 is 12.9. The summed E-state index contributed by atoms with van der Waals surface area (Å²) in [6.07, 6.45) is 4.34. The van der Waals surface area contributed by atoms with Crippen LogP contribution in [-0.4, -0.2) is 58.0 Å². The number of ether oxygens (including phenoxy) is 2. The van der Waals surface area contributed by atoms with Crippen molar-refractivity contribution in [1.29, 1.82) is 0 Å². The van der Waals surface area contributed by atoms with Gasteiger partial charge < -0.3 is 19.5 Å². The van der Waals surface area contributed by atoms with Crippen LogP contribution in [0.3, 0.4) is 0 Å². The lowest BCUT2D eigenvalue weighted by Crippen LogP contribution is -2.39. The van der Waals surface area contributed by atoms with Crippen molar-refractivity contribution in [3.63, 3.8) is 0 Å². The fourth-order valence-corrected chi connectivity index (χ4v) is 3.39. The van der Waals surface area contributed by atoms with Gasteiger partial charge in [0.05, 0.1) is 23.4 Å². The van der Waals surface area contributed by atoms with E-state index < -0.39 is 5.97 Å². The highest BCUT2D eigenvalue weighted by molar-refractivity contribution is 5.98. The molecule has 0 unspecified atom stereocenters. The molecule has 1 saturated heterocycles. The topological polar surface area (TPSA) is 93.9 Å². The van der Waals surface area contributed by atoms with Gasteiger partial charge >= 0.3 is 5.97 Å². The smallest absolute Gasteiger partial charge is 0.338 e. The van der Waals surface area contributed by atoms with Gasteiger partial charge in [-0.05, 0) is 25.0 Å². The maximum Gasteiger partial charge on any atom is 0.338 e. The molecule has 0 saturated carbocycles. The number of likely N-dealkylation sites (tertiary alicyclic amines) is 1. The molecule has 0 atom stereocenters. The molecule has 0 bridgehead atoms. The summed E-state index contributed by atoms with van der Waals surface area (Å²) in [4.78, 5) is 25.7. The standard InChI is InChI=1S/C18H19N3O5/c22-17(14-2-1-3-15-16(14)26-9-8-25-15)20-6-4-13(5-7-20)21-11-12(10-19-21)18(23)24/h1-3,10-11,13H,4-9H2,(H,23,24). The fraction of sp³-hybridized carbons (Fsp3) is 0.389. The molecule has 26 heavy (non-hydrogen) atoms. The lowest BCUT2D eigenvalue weighted by Gasteiger charge is -2.33. The number of carbonyl (C=O) groups excluding carboxylic acids is 1. The summed E-state index contributed by atoms with van der Waals surface area (Å²) in [5, 5.41) is 13.1. The second kappa shape index (κ2) is 6.70. The van der Waals surface area contributed by atoms with E-state index in [0.717, 1.165) is 12.8 Å². The normalized spacial score (nSPS) is 17.2. The highest BCUT2D eigenvalue weighted by Crippen LogP contribution is 2.35. The summed E-state index contributed by atoms with van der Waals surface area (Å²) in [6.45, 7) is 2.08. The summed E-state index contributed by atoms with van der Waals surface area (Å²) in [5.74, 6) is 0.0659. The number of fused-ring (bicyclic) bond motifs is 1. The van der Waals surface area contributed by atoms with Crippen molar-refractivity contribution in [3.8, 4) is 11.5 Å². The zero-order chi connectivity index (χ0) is 18.1. The molecule has 1 fully saturated rings. The minimum absolute atomic E-state index is 0.0718.